The lowest BCUT2D eigenvalue weighted by atomic mass is 9.43. The smallest absolute Gasteiger partial charge is 0.0244 e. The van der Waals surface area contributed by atoms with E-state index in [4.69, 9.17) is 0 Å². The first-order chi connectivity index (χ1) is 6.37. The van der Waals surface area contributed by atoms with Crippen molar-refractivity contribution in [1.82, 2.24) is 0 Å². The first kappa shape index (κ1) is 10.5. The maximum atomic E-state index is 2.56. The van der Waals surface area contributed by atoms with Gasteiger partial charge in [-0.1, -0.05) is 34.6 Å². The van der Waals surface area contributed by atoms with E-state index in [9.17, 15) is 0 Å². The van der Waals surface area contributed by atoms with Gasteiger partial charge in [0, 0.05) is 0 Å². The predicted molar refractivity (Wildman–Crippen MR) is 62.2 cm³/mol. The average Bonchev–Trinajstić information content (AvgIpc) is 2.05. The maximum absolute atomic E-state index is 2.56. The average molecular weight is 194 g/mol. The van der Waals surface area contributed by atoms with E-state index in [0.29, 0.717) is 10.8 Å². The van der Waals surface area contributed by atoms with Gasteiger partial charge >= 0.3 is 0 Å². The molecule has 0 nitrogen and oxygen atoms in total. The second-order valence-electron chi connectivity index (χ2n) is 7.00. The van der Waals surface area contributed by atoms with Gasteiger partial charge in [0.2, 0.25) is 0 Å². The van der Waals surface area contributed by atoms with Gasteiger partial charge in [0.1, 0.15) is 0 Å². The van der Waals surface area contributed by atoms with Crippen molar-refractivity contribution in [3.05, 3.63) is 0 Å². The van der Waals surface area contributed by atoms with Crippen LogP contribution in [0.25, 0.3) is 0 Å². The van der Waals surface area contributed by atoms with Gasteiger partial charge in [-0.15, -0.1) is 0 Å². The minimum Gasteiger partial charge on any atom is -0.0625 e. The molecular formula is C14H26. The predicted octanol–water partition coefficient (Wildman–Crippen LogP) is 4.49. The van der Waals surface area contributed by atoms with Gasteiger partial charge in [-0.2, -0.15) is 0 Å². The van der Waals surface area contributed by atoms with Crippen molar-refractivity contribution in [2.45, 2.75) is 60.3 Å². The first-order valence-corrected chi connectivity index (χ1v) is 6.37. The summed E-state index contributed by atoms with van der Waals surface area (Å²) in [6.07, 6.45) is 5.97. The standard InChI is InChI=1S/C14H26/c1-10(2)12-8-11-6-7-14(12,5)13(3,4)9-11/h10-12H,6-9H2,1-5H3/t11-,12+,14+/m1/s1. The van der Waals surface area contributed by atoms with E-state index in [1.54, 1.807) is 0 Å². The lowest BCUT2D eigenvalue weighted by Crippen LogP contribution is -2.53. The fourth-order valence-corrected chi connectivity index (χ4v) is 4.41. The Morgan fingerprint density at radius 1 is 1.14 bits per heavy atom. The van der Waals surface area contributed by atoms with Crippen LogP contribution in [-0.4, -0.2) is 0 Å². The molecule has 3 saturated carbocycles. The summed E-state index contributed by atoms with van der Waals surface area (Å²) in [5.41, 5.74) is 1.21. The summed E-state index contributed by atoms with van der Waals surface area (Å²) in [5.74, 6) is 2.89. The van der Waals surface area contributed by atoms with E-state index < -0.39 is 0 Å². The van der Waals surface area contributed by atoms with Crippen molar-refractivity contribution in [2.24, 2.45) is 28.6 Å². The van der Waals surface area contributed by atoms with Gasteiger partial charge in [-0.25, -0.2) is 0 Å². The van der Waals surface area contributed by atoms with E-state index in [1.807, 2.05) is 0 Å². The van der Waals surface area contributed by atoms with Crippen LogP contribution in [0, 0.1) is 28.6 Å². The van der Waals surface area contributed by atoms with Crippen LogP contribution in [0.4, 0.5) is 0 Å². The highest BCUT2D eigenvalue weighted by Crippen LogP contribution is 2.64. The van der Waals surface area contributed by atoms with Crippen LogP contribution in [0.15, 0.2) is 0 Å². The zero-order valence-electron chi connectivity index (χ0n) is 10.6. The molecule has 2 bridgehead atoms. The SMILES string of the molecule is CC(C)[C@@H]1C[C@H]2CC[C@]1(C)C(C)(C)C2. The number of hydrogen-bond acceptors (Lipinski definition) is 0. The highest BCUT2D eigenvalue weighted by Gasteiger charge is 2.55. The van der Waals surface area contributed by atoms with Gasteiger partial charge in [-0.05, 0) is 54.3 Å². The molecule has 0 amide bonds. The van der Waals surface area contributed by atoms with Crippen LogP contribution in [0.5, 0.6) is 0 Å². The van der Waals surface area contributed by atoms with Crippen molar-refractivity contribution in [3.63, 3.8) is 0 Å². The largest absolute Gasteiger partial charge is 0.0625 e. The third kappa shape index (κ3) is 1.26. The minimum atomic E-state index is 0.586. The molecule has 3 fully saturated rings. The molecule has 82 valence electrons. The summed E-state index contributed by atoms with van der Waals surface area (Å²) in [4.78, 5) is 0. The highest BCUT2D eigenvalue weighted by molar-refractivity contribution is 5.04. The monoisotopic (exact) mass is 194 g/mol. The van der Waals surface area contributed by atoms with Gasteiger partial charge in [0.15, 0.2) is 0 Å². The van der Waals surface area contributed by atoms with Crippen LogP contribution in [0.3, 0.4) is 0 Å². The van der Waals surface area contributed by atoms with Crippen LogP contribution in [0.1, 0.15) is 60.3 Å². The molecule has 3 rings (SSSR count). The van der Waals surface area contributed by atoms with Gasteiger partial charge < -0.3 is 0 Å². The van der Waals surface area contributed by atoms with E-state index in [-0.39, 0.29) is 0 Å². The Hall–Kier alpha value is 0. The van der Waals surface area contributed by atoms with Crippen molar-refractivity contribution < 1.29 is 0 Å². The second-order valence-corrected chi connectivity index (χ2v) is 7.00. The zero-order valence-corrected chi connectivity index (χ0v) is 10.6. The molecule has 3 aliphatic rings. The molecule has 0 aromatic rings. The van der Waals surface area contributed by atoms with Crippen LogP contribution in [-0.2, 0) is 0 Å². The van der Waals surface area contributed by atoms with Crippen LogP contribution in [0.2, 0.25) is 0 Å². The Labute approximate surface area is 89.5 Å². The lowest BCUT2D eigenvalue weighted by Gasteiger charge is -2.61. The maximum Gasteiger partial charge on any atom is -0.0244 e. The highest BCUT2D eigenvalue weighted by atomic mass is 14.6. The normalized spacial score (nSPS) is 45.9. The lowest BCUT2D eigenvalue weighted by molar-refractivity contribution is -0.119. The van der Waals surface area contributed by atoms with Crippen molar-refractivity contribution in [3.8, 4) is 0 Å². The molecule has 0 saturated heterocycles. The van der Waals surface area contributed by atoms with Crippen LogP contribution >= 0.6 is 0 Å². The Kier molecular flexibility index (Phi) is 2.25. The molecule has 0 spiro atoms. The molecule has 0 radical (unpaired) electrons. The molecule has 0 N–H and O–H groups in total. The number of hydrogen-bond donors (Lipinski definition) is 0. The first-order valence-electron chi connectivity index (χ1n) is 6.37. The van der Waals surface area contributed by atoms with Crippen molar-refractivity contribution in [1.29, 1.82) is 0 Å². The Morgan fingerprint density at radius 3 is 2.21 bits per heavy atom. The summed E-state index contributed by atoms with van der Waals surface area (Å²) in [5, 5.41) is 0. The molecule has 0 heteroatoms. The van der Waals surface area contributed by atoms with Gasteiger partial charge in [0.05, 0.1) is 0 Å². The number of fused-ring (bicyclic) bond motifs is 3. The minimum absolute atomic E-state index is 0.586. The molecule has 14 heavy (non-hydrogen) atoms. The fraction of sp³-hybridized carbons (Fsp3) is 1.00. The van der Waals surface area contributed by atoms with Crippen molar-refractivity contribution >= 4 is 0 Å². The summed E-state index contributed by atoms with van der Waals surface area (Å²) in [7, 11) is 0. The summed E-state index contributed by atoms with van der Waals surface area (Å²) in [6, 6.07) is 0. The summed E-state index contributed by atoms with van der Waals surface area (Å²) in [6.45, 7) is 12.4. The van der Waals surface area contributed by atoms with Gasteiger partial charge in [0.25, 0.3) is 0 Å². The molecule has 0 heterocycles. The van der Waals surface area contributed by atoms with E-state index in [2.05, 4.69) is 34.6 Å². The molecule has 0 unspecified atom stereocenters. The Balaban J connectivity index is 2.32. The third-order valence-corrected chi connectivity index (χ3v) is 5.63. The topological polar surface area (TPSA) is 0 Å². The quantitative estimate of drug-likeness (QED) is 0.577. The summed E-state index contributed by atoms with van der Waals surface area (Å²) < 4.78 is 0. The molecular weight excluding hydrogens is 168 g/mol. The Bertz CT molecular complexity index is 226. The zero-order chi connectivity index (χ0) is 10.6. The molecule has 0 aliphatic heterocycles. The van der Waals surface area contributed by atoms with Crippen molar-refractivity contribution in [2.75, 3.05) is 0 Å². The molecule has 3 atom stereocenters. The second kappa shape index (κ2) is 3.00. The van der Waals surface area contributed by atoms with Gasteiger partial charge in [-0.3, -0.25) is 0 Å². The Morgan fingerprint density at radius 2 is 1.79 bits per heavy atom. The third-order valence-electron chi connectivity index (χ3n) is 5.63. The molecule has 0 aromatic carbocycles. The van der Waals surface area contributed by atoms with Crippen LogP contribution < -0.4 is 0 Å². The van der Waals surface area contributed by atoms with E-state index in [0.717, 1.165) is 17.8 Å². The number of rotatable bonds is 1. The fourth-order valence-electron chi connectivity index (χ4n) is 4.41. The molecule has 0 aromatic heterocycles. The van der Waals surface area contributed by atoms with E-state index >= 15 is 0 Å². The molecule has 3 aliphatic carbocycles. The summed E-state index contributed by atoms with van der Waals surface area (Å²) >= 11 is 0. The van der Waals surface area contributed by atoms with E-state index in [1.165, 1.54) is 25.7 Å².